The summed E-state index contributed by atoms with van der Waals surface area (Å²) in [7, 11) is 3.57. The van der Waals surface area contributed by atoms with Crippen molar-refractivity contribution in [1.82, 2.24) is 0 Å². The van der Waals surface area contributed by atoms with Gasteiger partial charge in [0.1, 0.15) is 5.75 Å². The second-order valence-corrected chi connectivity index (χ2v) is 3.55. The summed E-state index contributed by atoms with van der Waals surface area (Å²) in [5, 5.41) is 0. The predicted molar refractivity (Wildman–Crippen MR) is 56.8 cm³/mol. The van der Waals surface area contributed by atoms with Gasteiger partial charge in [0.2, 0.25) is 0 Å². The van der Waals surface area contributed by atoms with Gasteiger partial charge in [-0.15, -0.1) is 13.2 Å². The summed E-state index contributed by atoms with van der Waals surface area (Å²) in [5.41, 5.74) is 1.30. The average molecular weight is 233 g/mol. The fourth-order valence-corrected chi connectivity index (χ4v) is 1.55. The van der Waals surface area contributed by atoms with Crippen molar-refractivity contribution in [1.29, 1.82) is 0 Å². The van der Waals surface area contributed by atoms with Gasteiger partial charge in [-0.05, 0) is 18.6 Å². The molecule has 0 bridgehead atoms. The van der Waals surface area contributed by atoms with Crippen LogP contribution in [0.25, 0.3) is 0 Å². The van der Waals surface area contributed by atoms with Crippen LogP contribution in [0.3, 0.4) is 0 Å². The quantitative estimate of drug-likeness (QED) is 0.794. The van der Waals surface area contributed by atoms with E-state index in [0.29, 0.717) is 12.0 Å². The summed E-state index contributed by atoms with van der Waals surface area (Å²) in [5.74, 6) is -0.124. The number of ether oxygens (including phenoxy) is 1. The lowest BCUT2D eigenvalue weighted by atomic mass is 10.1. The van der Waals surface area contributed by atoms with Crippen molar-refractivity contribution in [3.63, 3.8) is 0 Å². The van der Waals surface area contributed by atoms with E-state index in [1.807, 2.05) is 0 Å². The van der Waals surface area contributed by atoms with Crippen molar-refractivity contribution in [3.05, 3.63) is 23.8 Å². The van der Waals surface area contributed by atoms with Gasteiger partial charge in [0.25, 0.3) is 0 Å². The van der Waals surface area contributed by atoms with Crippen LogP contribution in [0, 0.1) is 0 Å². The number of halogens is 3. The highest BCUT2D eigenvalue weighted by Gasteiger charge is 2.32. The fourth-order valence-electron chi connectivity index (χ4n) is 1.55. The number of alkyl halides is 3. The minimum absolute atomic E-state index is 0.124. The van der Waals surface area contributed by atoms with Crippen LogP contribution in [-0.4, -0.2) is 20.5 Å². The summed E-state index contributed by atoms with van der Waals surface area (Å²) in [6.07, 6.45) is -4.16. The number of anilines is 1. The Morgan fingerprint density at radius 2 is 1.88 bits per heavy atom. The van der Waals surface area contributed by atoms with Crippen LogP contribution in [0.1, 0.15) is 12.5 Å². The van der Waals surface area contributed by atoms with E-state index in [1.165, 1.54) is 6.07 Å². The molecule has 0 radical (unpaired) electrons. The summed E-state index contributed by atoms with van der Waals surface area (Å²) >= 11 is 0. The number of nitrogens with zero attached hydrogens (tertiary/aromatic N) is 1. The molecule has 0 heterocycles. The highest BCUT2D eigenvalue weighted by Crippen LogP contribution is 2.32. The first-order chi connectivity index (χ1) is 7.35. The molecule has 0 atom stereocenters. The monoisotopic (exact) mass is 233 g/mol. The number of hydrogen-bond acceptors (Lipinski definition) is 2. The molecule has 5 heteroatoms. The van der Waals surface area contributed by atoms with Crippen molar-refractivity contribution in [2.45, 2.75) is 19.7 Å². The Balaban J connectivity index is 3.14. The van der Waals surface area contributed by atoms with E-state index in [1.54, 1.807) is 38.1 Å². The summed E-state index contributed by atoms with van der Waals surface area (Å²) in [4.78, 5) is 1.77. The van der Waals surface area contributed by atoms with E-state index >= 15 is 0 Å². The van der Waals surface area contributed by atoms with E-state index < -0.39 is 6.36 Å². The maximum Gasteiger partial charge on any atom is 0.573 e. The lowest BCUT2D eigenvalue weighted by Crippen LogP contribution is -2.19. The SMILES string of the molecule is CCc1c(OC(F)(F)F)cccc1N(C)C. The third-order valence-corrected chi connectivity index (χ3v) is 2.17. The Morgan fingerprint density at radius 3 is 2.31 bits per heavy atom. The average Bonchev–Trinajstić information content (AvgIpc) is 2.14. The molecule has 1 aromatic carbocycles. The molecule has 2 nitrogen and oxygen atoms in total. The number of benzene rings is 1. The summed E-state index contributed by atoms with van der Waals surface area (Å²) in [6, 6.07) is 4.65. The standard InChI is InChI=1S/C11H14F3NO/c1-4-8-9(15(2)3)6-5-7-10(8)16-11(12,13)14/h5-7H,4H2,1-3H3. The Morgan fingerprint density at radius 1 is 1.25 bits per heavy atom. The van der Waals surface area contributed by atoms with Gasteiger partial charge in [-0.25, -0.2) is 0 Å². The van der Waals surface area contributed by atoms with E-state index in [9.17, 15) is 13.2 Å². The molecular formula is C11H14F3NO. The van der Waals surface area contributed by atoms with Gasteiger partial charge >= 0.3 is 6.36 Å². The minimum atomic E-state index is -4.64. The highest BCUT2D eigenvalue weighted by molar-refractivity contribution is 5.58. The number of rotatable bonds is 3. The molecule has 1 rings (SSSR count). The molecule has 1 aromatic rings. The second kappa shape index (κ2) is 4.63. The molecule has 0 unspecified atom stereocenters. The molecule has 90 valence electrons. The van der Waals surface area contributed by atoms with Gasteiger partial charge < -0.3 is 9.64 Å². The van der Waals surface area contributed by atoms with E-state index in [2.05, 4.69) is 4.74 Å². The summed E-state index contributed by atoms with van der Waals surface area (Å²) < 4.78 is 40.5. The smallest absolute Gasteiger partial charge is 0.405 e. The Kier molecular flexibility index (Phi) is 3.67. The third-order valence-electron chi connectivity index (χ3n) is 2.17. The van der Waals surface area contributed by atoms with Crippen LogP contribution in [0.2, 0.25) is 0 Å². The van der Waals surface area contributed by atoms with Crippen LogP contribution >= 0.6 is 0 Å². The Labute approximate surface area is 92.6 Å². The lowest BCUT2D eigenvalue weighted by Gasteiger charge is -2.20. The molecule has 0 N–H and O–H groups in total. The van der Waals surface area contributed by atoms with E-state index in [-0.39, 0.29) is 5.75 Å². The molecule has 0 aliphatic rings. The Hall–Kier alpha value is -1.39. The van der Waals surface area contributed by atoms with Crippen LogP contribution in [0.5, 0.6) is 5.75 Å². The maximum atomic E-state index is 12.2. The molecule has 0 fully saturated rings. The lowest BCUT2D eigenvalue weighted by molar-refractivity contribution is -0.274. The topological polar surface area (TPSA) is 12.5 Å². The van der Waals surface area contributed by atoms with Crippen LogP contribution in [-0.2, 0) is 6.42 Å². The molecule has 0 spiro atoms. The van der Waals surface area contributed by atoms with Crippen molar-refractivity contribution in [3.8, 4) is 5.75 Å². The molecular weight excluding hydrogens is 219 g/mol. The number of hydrogen-bond donors (Lipinski definition) is 0. The largest absolute Gasteiger partial charge is 0.573 e. The van der Waals surface area contributed by atoms with Gasteiger partial charge in [-0.3, -0.25) is 0 Å². The highest BCUT2D eigenvalue weighted by atomic mass is 19.4. The van der Waals surface area contributed by atoms with E-state index in [4.69, 9.17) is 0 Å². The molecule has 0 aliphatic carbocycles. The molecule has 0 saturated heterocycles. The second-order valence-electron chi connectivity index (χ2n) is 3.55. The van der Waals surface area contributed by atoms with Gasteiger partial charge in [-0.1, -0.05) is 13.0 Å². The molecule has 0 amide bonds. The third kappa shape index (κ3) is 3.05. The zero-order chi connectivity index (χ0) is 12.3. The molecule has 0 saturated carbocycles. The van der Waals surface area contributed by atoms with Gasteiger partial charge in [0, 0.05) is 25.3 Å². The first-order valence-corrected chi connectivity index (χ1v) is 4.90. The fraction of sp³-hybridized carbons (Fsp3) is 0.455. The first-order valence-electron chi connectivity index (χ1n) is 4.90. The van der Waals surface area contributed by atoms with Crippen molar-refractivity contribution in [2.24, 2.45) is 0 Å². The van der Waals surface area contributed by atoms with Crippen LogP contribution in [0.15, 0.2) is 18.2 Å². The van der Waals surface area contributed by atoms with Gasteiger partial charge in [-0.2, -0.15) is 0 Å². The van der Waals surface area contributed by atoms with Crippen molar-refractivity contribution >= 4 is 5.69 Å². The summed E-state index contributed by atoms with van der Waals surface area (Å²) in [6.45, 7) is 1.80. The van der Waals surface area contributed by atoms with Crippen molar-refractivity contribution < 1.29 is 17.9 Å². The normalized spacial score (nSPS) is 11.4. The van der Waals surface area contributed by atoms with Gasteiger partial charge in [0.05, 0.1) is 0 Å². The maximum absolute atomic E-state index is 12.2. The predicted octanol–water partition coefficient (Wildman–Crippen LogP) is 3.21. The first kappa shape index (κ1) is 12.7. The molecule has 0 aromatic heterocycles. The zero-order valence-corrected chi connectivity index (χ0v) is 9.43. The Bertz CT molecular complexity index is 361. The molecule has 0 aliphatic heterocycles. The zero-order valence-electron chi connectivity index (χ0n) is 9.43. The van der Waals surface area contributed by atoms with Crippen LogP contribution < -0.4 is 9.64 Å². The minimum Gasteiger partial charge on any atom is -0.405 e. The van der Waals surface area contributed by atoms with E-state index in [0.717, 1.165) is 5.69 Å². The van der Waals surface area contributed by atoms with Crippen LogP contribution in [0.4, 0.5) is 18.9 Å². The van der Waals surface area contributed by atoms with Gasteiger partial charge in [0.15, 0.2) is 0 Å². The van der Waals surface area contributed by atoms with Crippen molar-refractivity contribution in [2.75, 3.05) is 19.0 Å². The molecule has 16 heavy (non-hydrogen) atoms.